The molecule has 0 radical (unpaired) electrons. The van der Waals surface area contributed by atoms with Crippen molar-refractivity contribution < 1.29 is 14.0 Å². The maximum atomic E-state index is 10.9. The molecular weight excluding hydrogens is 216 g/mol. The maximum absolute atomic E-state index is 10.9. The zero-order valence-corrected chi connectivity index (χ0v) is 8.84. The van der Waals surface area contributed by atoms with E-state index in [1.807, 2.05) is 18.2 Å². The standard InChI is InChI=1S/C14H8O3/c15-7-9-4-5-11-12-3-1-2-10(8-16)14(12)17-13(11)6-9/h1-8H. The van der Waals surface area contributed by atoms with Crippen LogP contribution < -0.4 is 0 Å². The fourth-order valence-corrected chi connectivity index (χ4v) is 2.00. The molecular formula is C14H8O3. The number of hydrogen-bond donors (Lipinski definition) is 0. The molecule has 0 aliphatic heterocycles. The molecule has 3 aromatic rings. The Kier molecular flexibility index (Phi) is 2.05. The Bertz CT molecular complexity index is 738. The minimum absolute atomic E-state index is 0.520. The molecule has 3 heteroatoms. The third-order valence-electron chi connectivity index (χ3n) is 2.82. The summed E-state index contributed by atoms with van der Waals surface area (Å²) in [7, 11) is 0. The Morgan fingerprint density at radius 2 is 1.82 bits per heavy atom. The van der Waals surface area contributed by atoms with Crippen molar-refractivity contribution in [1.82, 2.24) is 0 Å². The van der Waals surface area contributed by atoms with Crippen LogP contribution in [0.3, 0.4) is 0 Å². The van der Waals surface area contributed by atoms with Gasteiger partial charge < -0.3 is 4.42 Å². The van der Waals surface area contributed by atoms with Gasteiger partial charge in [0.15, 0.2) is 6.29 Å². The van der Waals surface area contributed by atoms with Crippen LogP contribution in [-0.2, 0) is 0 Å². The fraction of sp³-hybridized carbons (Fsp3) is 0. The van der Waals surface area contributed by atoms with Gasteiger partial charge in [-0.15, -0.1) is 0 Å². The zero-order chi connectivity index (χ0) is 11.8. The number of para-hydroxylation sites is 1. The second-order valence-electron chi connectivity index (χ2n) is 3.82. The number of furan rings is 1. The number of aldehydes is 2. The summed E-state index contributed by atoms with van der Waals surface area (Å²) in [5.41, 5.74) is 2.27. The van der Waals surface area contributed by atoms with Crippen LogP contribution in [0, 0.1) is 0 Å². The summed E-state index contributed by atoms with van der Waals surface area (Å²) in [4.78, 5) is 21.6. The van der Waals surface area contributed by atoms with Crippen LogP contribution in [0.15, 0.2) is 40.8 Å². The van der Waals surface area contributed by atoms with Crippen LogP contribution in [0.5, 0.6) is 0 Å². The number of benzene rings is 2. The maximum Gasteiger partial charge on any atom is 0.153 e. The summed E-state index contributed by atoms with van der Waals surface area (Å²) in [6.45, 7) is 0. The Labute approximate surface area is 96.6 Å². The van der Waals surface area contributed by atoms with Crippen LogP contribution in [0.25, 0.3) is 21.9 Å². The van der Waals surface area contributed by atoms with Gasteiger partial charge in [0.05, 0.1) is 5.56 Å². The van der Waals surface area contributed by atoms with Gasteiger partial charge in [-0.25, -0.2) is 0 Å². The van der Waals surface area contributed by atoms with E-state index in [9.17, 15) is 9.59 Å². The van der Waals surface area contributed by atoms with Crippen molar-refractivity contribution in [2.45, 2.75) is 0 Å². The molecule has 0 bridgehead atoms. The SMILES string of the molecule is O=Cc1ccc2c(c1)oc1c(C=O)cccc12. The molecule has 0 fully saturated rings. The Morgan fingerprint density at radius 3 is 2.59 bits per heavy atom. The van der Waals surface area contributed by atoms with Gasteiger partial charge in [0.25, 0.3) is 0 Å². The first-order chi connectivity index (χ1) is 8.33. The molecule has 3 rings (SSSR count). The third kappa shape index (κ3) is 1.36. The molecule has 0 atom stereocenters. The zero-order valence-electron chi connectivity index (χ0n) is 8.84. The molecule has 3 nitrogen and oxygen atoms in total. The van der Waals surface area contributed by atoms with Crippen LogP contribution in [0.1, 0.15) is 20.7 Å². The van der Waals surface area contributed by atoms with Crippen molar-refractivity contribution >= 4 is 34.5 Å². The molecule has 1 aromatic heterocycles. The lowest BCUT2D eigenvalue weighted by molar-refractivity contribution is 0.111. The summed E-state index contributed by atoms with van der Waals surface area (Å²) in [6.07, 6.45) is 1.54. The van der Waals surface area contributed by atoms with Crippen LogP contribution >= 0.6 is 0 Å². The van der Waals surface area contributed by atoms with E-state index in [1.54, 1.807) is 18.2 Å². The van der Waals surface area contributed by atoms with Crippen LogP contribution in [0.4, 0.5) is 0 Å². The van der Waals surface area contributed by atoms with Gasteiger partial charge in [-0.1, -0.05) is 18.2 Å². The Morgan fingerprint density at radius 1 is 0.941 bits per heavy atom. The van der Waals surface area contributed by atoms with E-state index < -0.39 is 0 Å². The summed E-state index contributed by atoms with van der Waals surface area (Å²) in [5, 5.41) is 1.80. The predicted octanol–water partition coefficient (Wildman–Crippen LogP) is 3.21. The number of rotatable bonds is 2. The van der Waals surface area contributed by atoms with E-state index in [2.05, 4.69) is 0 Å². The van der Waals surface area contributed by atoms with Gasteiger partial charge in [-0.2, -0.15) is 0 Å². The van der Waals surface area contributed by atoms with E-state index in [-0.39, 0.29) is 0 Å². The minimum atomic E-state index is 0.520. The average Bonchev–Trinajstić information content (AvgIpc) is 2.75. The van der Waals surface area contributed by atoms with E-state index in [0.717, 1.165) is 23.3 Å². The van der Waals surface area contributed by atoms with Crippen molar-refractivity contribution in [3.8, 4) is 0 Å². The Hall–Kier alpha value is -2.42. The van der Waals surface area contributed by atoms with Gasteiger partial charge >= 0.3 is 0 Å². The van der Waals surface area contributed by atoms with Gasteiger partial charge in [0.2, 0.25) is 0 Å². The quantitative estimate of drug-likeness (QED) is 0.628. The number of hydrogen-bond acceptors (Lipinski definition) is 3. The van der Waals surface area contributed by atoms with Crippen LogP contribution in [-0.4, -0.2) is 12.6 Å². The highest BCUT2D eigenvalue weighted by Crippen LogP contribution is 2.30. The molecule has 0 aliphatic carbocycles. The first kappa shape index (κ1) is 9.78. The van der Waals surface area contributed by atoms with E-state index in [1.165, 1.54) is 0 Å². The second-order valence-corrected chi connectivity index (χ2v) is 3.82. The number of carbonyl (C=O) groups is 2. The third-order valence-corrected chi connectivity index (χ3v) is 2.82. The fourth-order valence-electron chi connectivity index (χ4n) is 2.00. The van der Waals surface area contributed by atoms with Crippen molar-refractivity contribution in [2.75, 3.05) is 0 Å². The summed E-state index contributed by atoms with van der Waals surface area (Å²) < 4.78 is 5.63. The highest BCUT2D eigenvalue weighted by atomic mass is 16.3. The smallest absolute Gasteiger partial charge is 0.153 e. The monoisotopic (exact) mass is 224 g/mol. The molecule has 17 heavy (non-hydrogen) atoms. The van der Waals surface area contributed by atoms with Crippen molar-refractivity contribution in [3.63, 3.8) is 0 Å². The molecule has 0 spiro atoms. The summed E-state index contributed by atoms with van der Waals surface area (Å²) in [5.74, 6) is 0. The second kappa shape index (κ2) is 3.56. The highest BCUT2D eigenvalue weighted by molar-refractivity contribution is 6.10. The van der Waals surface area contributed by atoms with Gasteiger partial charge in [0.1, 0.15) is 17.5 Å². The summed E-state index contributed by atoms with van der Waals surface area (Å²) >= 11 is 0. The lowest BCUT2D eigenvalue weighted by Gasteiger charge is -1.91. The molecule has 2 aromatic carbocycles. The molecule has 0 N–H and O–H groups in total. The lowest BCUT2D eigenvalue weighted by Crippen LogP contribution is -1.78. The van der Waals surface area contributed by atoms with Crippen molar-refractivity contribution in [1.29, 1.82) is 0 Å². The number of fused-ring (bicyclic) bond motifs is 3. The Balaban J connectivity index is 2.48. The first-order valence-corrected chi connectivity index (χ1v) is 5.19. The molecule has 0 saturated heterocycles. The molecule has 1 heterocycles. The molecule has 0 unspecified atom stereocenters. The highest BCUT2D eigenvalue weighted by Gasteiger charge is 2.10. The number of carbonyl (C=O) groups excluding carboxylic acids is 2. The van der Waals surface area contributed by atoms with Gasteiger partial charge in [-0.05, 0) is 18.2 Å². The largest absolute Gasteiger partial charge is 0.455 e. The van der Waals surface area contributed by atoms with E-state index >= 15 is 0 Å². The first-order valence-electron chi connectivity index (χ1n) is 5.19. The van der Waals surface area contributed by atoms with Gasteiger partial charge in [-0.3, -0.25) is 9.59 Å². The molecule has 82 valence electrons. The van der Waals surface area contributed by atoms with E-state index in [0.29, 0.717) is 22.3 Å². The van der Waals surface area contributed by atoms with Crippen molar-refractivity contribution in [3.05, 3.63) is 47.5 Å². The topological polar surface area (TPSA) is 47.3 Å². The van der Waals surface area contributed by atoms with Crippen molar-refractivity contribution in [2.24, 2.45) is 0 Å². The minimum Gasteiger partial charge on any atom is -0.455 e. The van der Waals surface area contributed by atoms with Crippen LogP contribution in [0.2, 0.25) is 0 Å². The van der Waals surface area contributed by atoms with Gasteiger partial charge in [0, 0.05) is 16.3 Å². The predicted molar refractivity (Wildman–Crippen MR) is 64.5 cm³/mol. The van der Waals surface area contributed by atoms with E-state index in [4.69, 9.17) is 4.42 Å². The lowest BCUT2D eigenvalue weighted by atomic mass is 10.1. The molecule has 0 amide bonds. The molecule has 0 aliphatic rings. The molecule has 0 saturated carbocycles. The normalized spacial score (nSPS) is 10.8. The summed E-state index contributed by atoms with van der Waals surface area (Å²) in [6, 6.07) is 10.7. The average molecular weight is 224 g/mol.